The summed E-state index contributed by atoms with van der Waals surface area (Å²) in [5, 5.41) is 0.936. The van der Waals surface area contributed by atoms with Crippen molar-refractivity contribution in [1.29, 1.82) is 0 Å². The number of carbonyl (C=O) groups is 1. The Hall–Kier alpha value is -2.45. The number of methoxy groups -OCH3 is 1. The van der Waals surface area contributed by atoms with Crippen LogP contribution < -0.4 is 9.64 Å². The summed E-state index contributed by atoms with van der Waals surface area (Å²) < 4.78 is 10.6. The lowest BCUT2D eigenvalue weighted by Gasteiger charge is -2.37. The predicted molar refractivity (Wildman–Crippen MR) is 102 cm³/mol. The number of morpholine rings is 1. The van der Waals surface area contributed by atoms with Gasteiger partial charge in [0.05, 0.1) is 24.6 Å². The van der Waals surface area contributed by atoms with Crippen LogP contribution in [0.4, 0.5) is 5.69 Å². The number of hydrogen-bond acceptors (Lipinski definition) is 7. The SMILES string of the molecule is COc1ncnc2ccc(N3CCN(CCN4CCOCC4=O)CC3)cc12. The summed E-state index contributed by atoms with van der Waals surface area (Å²) in [5.41, 5.74) is 2.05. The van der Waals surface area contributed by atoms with E-state index in [0.717, 1.165) is 50.2 Å². The smallest absolute Gasteiger partial charge is 0.248 e. The normalized spacial score (nSPS) is 18.9. The van der Waals surface area contributed by atoms with Gasteiger partial charge in [0.2, 0.25) is 11.8 Å². The molecule has 144 valence electrons. The molecule has 2 saturated heterocycles. The predicted octanol–water partition coefficient (Wildman–Crippen LogP) is 0.619. The largest absolute Gasteiger partial charge is 0.480 e. The molecular formula is C19H25N5O3. The molecule has 2 aromatic rings. The summed E-state index contributed by atoms with van der Waals surface area (Å²) in [6.07, 6.45) is 1.53. The first-order valence-electron chi connectivity index (χ1n) is 9.36. The van der Waals surface area contributed by atoms with E-state index >= 15 is 0 Å². The molecule has 0 atom stereocenters. The van der Waals surface area contributed by atoms with Gasteiger partial charge >= 0.3 is 0 Å². The average Bonchev–Trinajstić information content (AvgIpc) is 2.73. The summed E-state index contributed by atoms with van der Waals surface area (Å²) in [5.74, 6) is 0.711. The van der Waals surface area contributed by atoms with Crippen molar-refractivity contribution >= 4 is 22.5 Å². The highest BCUT2D eigenvalue weighted by Gasteiger charge is 2.22. The van der Waals surface area contributed by atoms with Crippen molar-refractivity contribution in [2.45, 2.75) is 0 Å². The minimum atomic E-state index is 0.104. The number of benzene rings is 1. The number of fused-ring (bicyclic) bond motifs is 1. The first-order chi connectivity index (χ1) is 13.2. The summed E-state index contributed by atoms with van der Waals surface area (Å²) in [4.78, 5) is 27.0. The number of ether oxygens (including phenoxy) is 2. The maximum absolute atomic E-state index is 11.8. The Morgan fingerprint density at radius 1 is 1.11 bits per heavy atom. The molecule has 1 aromatic carbocycles. The van der Waals surface area contributed by atoms with Crippen LogP contribution in [0.1, 0.15) is 0 Å². The maximum atomic E-state index is 11.8. The number of amides is 1. The second-order valence-corrected chi connectivity index (χ2v) is 6.85. The molecule has 0 aliphatic carbocycles. The Balaban J connectivity index is 1.35. The molecule has 1 amide bonds. The molecule has 4 rings (SSSR count). The molecule has 8 nitrogen and oxygen atoms in total. The second-order valence-electron chi connectivity index (χ2n) is 6.85. The topological polar surface area (TPSA) is 71.0 Å². The van der Waals surface area contributed by atoms with Crippen LogP contribution in [0.5, 0.6) is 5.88 Å². The van der Waals surface area contributed by atoms with E-state index in [0.29, 0.717) is 19.0 Å². The van der Waals surface area contributed by atoms with Crippen LogP contribution in [0, 0.1) is 0 Å². The molecule has 0 bridgehead atoms. The van der Waals surface area contributed by atoms with Crippen LogP contribution in [0.25, 0.3) is 10.9 Å². The van der Waals surface area contributed by atoms with Crippen LogP contribution in [0.3, 0.4) is 0 Å². The van der Waals surface area contributed by atoms with Crippen molar-refractivity contribution in [3.05, 3.63) is 24.5 Å². The molecule has 0 saturated carbocycles. The molecule has 0 unspecified atom stereocenters. The van der Waals surface area contributed by atoms with Gasteiger partial charge in [-0.25, -0.2) is 9.97 Å². The summed E-state index contributed by atoms with van der Waals surface area (Å²) in [6.45, 7) is 7.16. The van der Waals surface area contributed by atoms with Gasteiger partial charge in [0.15, 0.2) is 0 Å². The first-order valence-corrected chi connectivity index (χ1v) is 9.36. The van der Waals surface area contributed by atoms with Crippen LogP contribution in [-0.2, 0) is 9.53 Å². The van der Waals surface area contributed by atoms with Gasteiger partial charge in [0, 0.05) is 51.5 Å². The van der Waals surface area contributed by atoms with Gasteiger partial charge in [0.25, 0.3) is 0 Å². The molecule has 3 heterocycles. The van der Waals surface area contributed by atoms with Crippen molar-refractivity contribution in [2.75, 3.05) is 71.0 Å². The van der Waals surface area contributed by atoms with E-state index in [4.69, 9.17) is 9.47 Å². The van der Waals surface area contributed by atoms with Crippen molar-refractivity contribution in [3.8, 4) is 5.88 Å². The van der Waals surface area contributed by atoms with Crippen LogP contribution in [0.2, 0.25) is 0 Å². The number of piperazine rings is 1. The lowest BCUT2D eigenvalue weighted by Crippen LogP contribution is -2.50. The lowest BCUT2D eigenvalue weighted by molar-refractivity contribution is -0.142. The molecule has 2 aliphatic heterocycles. The summed E-state index contributed by atoms with van der Waals surface area (Å²) >= 11 is 0. The molecule has 0 radical (unpaired) electrons. The van der Waals surface area contributed by atoms with Gasteiger partial charge in [-0.2, -0.15) is 0 Å². The highest BCUT2D eigenvalue weighted by Crippen LogP contribution is 2.27. The number of aromatic nitrogens is 2. The fourth-order valence-corrected chi connectivity index (χ4v) is 3.66. The third kappa shape index (κ3) is 3.96. The van der Waals surface area contributed by atoms with E-state index in [1.165, 1.54) is 12.0 Å². The van der Waals surface area contributed by atoms with E-state index in [1.54, 1.807) is 7.11 Å². The number of nitrogens with zero attached hydrogens (tertiary/aromatic N) is 5. The highest BCUT2D eigenvalue weighted by molar-refractivity contribution is 5.86. The zero-order valence-electron chi connectivity index (χ0n) is 15.6. The summed E-state index contributed by atoms with van der Waals surface area (Å²) in [6, 6.07) is 6.23. The van der Waals surface area contributed by atoms with E-state index in [2.05, 4.69) is 31.9 Å². The van der Waals surface area contributed by atoms with E-state index in [-0.39, 0.29) is 12.5 Å². The Morgan fingerprint density at radius 2 is 1.96 bits per heavy atom. The lowest BCUT2D eigenvalue weighted by atomic mass is 10.2. The van der Waals surface area contributed by atoms with Crippen molar-refractivity contribution < 1.29 is 14.3 Å². The standard InChI is InChI=1S/C19H25N5O3/c1-26-19-16-12-15(2-3-17(16)20-14-21-19)23-7-4-22(5-8-23)6-9-24-10-11-27-13-18(24)25/h2-3,12,14H,4-11,13H2,1H3. The van der Waals surface area contributed by atoms with Crippen molar-refractivity contribution in [3.63, 3.8) is 0 Å². The van der Waals surface area contributed by atoms with E-state index < -0.39 is 0 Å². The fraction of sp³-hybridized carbons (Fsp3) is 0.526. The Bertz CT molecular complexity index is 807. The van der Waals surface area contributed by atoms with Crippen molar-refractivity contribution in [2.24, 2.45) is 0 Å². The number of rotatable bonds is 5. The van der Waals surface area contributed by atoms with Crippen LogP contribution in [-0.4, -0.2) is 91.8 Å². The Morgan fingerprint density at radius 3 is 2.74 bits per heavy atom. The quantitative estimate of drug-likeness (QED) is 0.763. The third-order valence-electron chi connectivity index (χ3n) is 5.28. The van der Waals surface area contributed by atoms with Gasteiger partial charge < -0.3 is 19.3 Å². The van der Waals surface area contributed by atoms with Crippen molar-refractivity contribution in [1.82, 2.24) is 19.8 Å². The number of anilines is 1. The Kier molecular flexibility index (Phi) is 5.35. The monoisotopic (exact) mass is 371 g/mol. The minimum absolute atomic E-state index is 0.104. The zero-order valence-corrected chi connectivity index (χ0v) is 15.6. The van der Waals surface area contributed by atoms with E-state index in [1.807, 2.05) is 11.0 Å². The minimum Gasteiger partial charge on any atom is -0.480 e. The molecule has 2 aliphatic rings. The molecular weight excluding hydrogens is 346 g/mol. The van der Waals surface area contributed by atoms with Crippen LogP contribution >= 0.6 is 0 Å². The van der Waals surface area contributed by atoms with Gasteiger partial charge in [0.1, 0.15) is 12.9 Å². The highest BCUT2D eigenvalue weighted by atomic mass is 16.5. The molecule has 0 N–H and O–H groups in total. The second kappa shape index (κ2) is 8.06. The zero-order chi connectivity index (χ0) is 18.6. The van der Waals surface area contributed by atoms with Gasteiger partial charge in [-0.05, 0) is 18.2 Å². The first kappa shape index (κ1) is 17.9. The van der Waals surface area contributed by atoms with Crippen LogP contribution in [0.15, 0.2) is 24.5 Å². The molecule has 27 heavy (non-hydrogen) atoms. The van der Waals surface area contributed by atoms with E-state index in [9.17, 15) is 4.79 Å². The Labute approximate surface area is 158 Å². The molecule has 1 aromatic heterocycles. The number of hydrogen-bond donors (Lipinski definition) is 0. The molecule has 8 heteroatoms. The van der Waals surface area contributed by atoms with Gasteiger partial charge in [-0.3, -0.25) is 9.69 Å². The molecule has 0 spiro atoms. The summed E-state index contributed by atoms with van der Waals surface area (Å²) in [7, 11) is 1.63. The number of carbonyl (C=O) groups excluding carboxylic acids is 1. The maximum Gasteiger partial charge on any atom is 0.248 e. The van der Waals surface area contributed by atoms with Gasteiger partial charge in [-0.1, -0.05) is 0 Å². The third-order valence-corrected chi connectivity index (χ3v) is 5.28. The fourth-order valence-electron chi connectivity index (χ4n) is 3.66. The average molecular weight is 371 g/mol. The van der Waals surface area contributed by atoms with Gasteiger partial charge in [-0.15, -0.1) is 0 Å². The molecule has 2 fully saturated rings.